The molecule has 1 atom stereocenters. The van der Waals surface area contributed by atoms with Crippen molar-refractivity contribution in [3.63, 3.8) is 0 Å². The van der Waals surface area contributed by atoms with Gasteiger partial charge in [-0.05, 0) is 50.0 Å². The van der Waals surface area contributed by atoms with Gasteiger partial charge in [0.2, 0.25) is 0 Å². The second-order valence-corrected chi connectivity index (χ2v) is 5.74. The summed E-state index contributed by atoms with van der Waals surface area (Å²) in [5.41, 5.74) is 3.90. The molecule has 2 nitrogen and oxygen atoms in total. The largest absolute Gasteiger partial charge is 0.362 e. The molecule has 1 unspecified atom stereocenters. The van der Waals surface area contributed by atoms with Gasteiger partial charge in [-0.15, -0.1) is 0 Å². The Morgan fingerprint density at radius 2 is 1.89 bits per heavy atom. The van der Waals surface area contributed by atoms with Crippen molar-refractivity contribution in [3.8, 4) is 0 Å². The molecule has 0 aliphatic rings. The first-order valence-corrected chi connectivity index (χ1v) is 6.92. The van der Waals surface area contributed by atoms with E-state index in [0.717, 1.165) is 11.7 Å². The Morgan fingerprint density at radius 3 is 2.44 bits per heavy atom. The van der Waals surface area contributed by atoms with Gasteiger partial charge in [0, 0.05) is 6.54 Å². The van der Waals surface area contributed by atoms with Crippen molar-refractivity contribution in [2.75, 3.05) is 6.54 Å². The van der Waals surface area contributed by atoms with Crippen LogP contribution >= 0.6 is 12.2 Å². The summed E-state index contributed by atoms with van der Waals surface area (Å²) in [6.45, 7) is 11.6. The van der Waals surface area contributed by atoms with Crippen LogP contribution < -0.4 is 10.6 Å². The molecule has 2 N–H and O–H groups in total. The molecule has 1 aromatic carbocycles. The van der Waals surface area contributed by atoms with E-state index in [0.29, 0.717) is 5.92 Å². The summed E-state index contributed by atoms with van der Waals surface area (Å²) in [6, 6.07) is 6.76. The molecule has 0 amide bonds. The second-order valence-electron chi connectivity index (χ2n) is 5.33. The van der Waals surface area contributed by atoms with E-state index in [-0.39, 0.29) is 6.04 Å². The van der Waals surface area contributed by atoms with E-state index in [2.05, 4.69) is 63.5 Å². The number of hydrogen-bond donors (Lipinski definition) is 2. The first kappa shape index (κ1) is 15.0. The molecule has 0 fully saturated rings. The molecule has 0 saturated heterocycles. The lowest BCUT2D eigenvalue weighted by molar-refractivity contribution is 0.609. The van der Waals surface area contributed by atoms with Crippen LogP contribution in [0, 0.1) is 19.8 Å². The van der Waals surface area contributed by atoms with E-state index in [1.807, 2.05) is 0 Å². The van der Waals surface area contributed by atoms with Crippen LogP contribution in [0.4, 0.5) is 0 Å². The quantitative estimate of drug-likeness (QED) is 0.814. The molecule has 3 heteroatoms. The summed E-state index contributed by atoms with van der Waals surface area (Å²) in [6.07, 6.45) is 0. The van der Waals surface area contributed by atoms with Crippen LogP contribution in [0.15, 0.2) is 18.2 Å². The highest BCUT2D eigenvalue weighted by Gasteiger charge is 2.09. The van der Waals surface area contributed by atoms with E-state index in [1.54, 1.807) is 0 Å². The van der Waals surface area contributed by atoms with E-state index in [9.17, 15) is 0 Å². The summed E-state index contributed by atoms with van der Waals surface area (Å²) < 4.78 is 0. The van der Waals surface area contributed by atoms with Gasteiger partial charge in [-0.25, -0.2) is 0 Å². The molecule has 1 aromatic rings. The van der Waals surface area contributed by atoms with Crippen molar-refractivity contribution >= 4 is 17.3 Å². The van der Waals surface area contributed by atoms with Gasteiger partial charge in [-0.2, -0.15) is 0 Å². The van der Waals surface area contributed by atoms with Gasteiger partial charge in [-0.3, -0.25) is 0 Å². The SMILES string of the molecule is Cc1ccc(C(C)NC(=S)NCC(C)C)c(C)c1. The lowest BCUT2D eigenvalue weighted by Crippen LogP contribution is -2.38. The van der Waals surface area contributed by atoms with Gasteiger partial charge in [0.1, 0.15) is 0 Å². The van der Waals surface area contributed by atoms with Crippen LogP contribution in [0.1, 0.15) is 43.5 Å². The maximum atomic E-state index is 5.30. The molecule has 0 heterocycles. The van der Waals surface area contributed by atoms with Crippen molar-refractivity contribution in [3.05, 3.63) is 34.9 Å². The third kappa shape index (κ3) is 4.65. The van der Waals surface area contributed by atoms with Crippen molar-refractivity contribution < 1.29 is 0 Å². The third-order valence-corrected chi connectivity index (χ3v) is 3.17. The Hall–Kier alpha value is -1.09. The summed E-state index contributed by atoms with van der Waals surface area (Å²) in [7, 11) is 0. The molecule has 0 saturated carbocycles. The zero-order valence-electron chi connectivity index (χ0n) is 12.0. The standard InChI is InChI=1S/C15H24N2S/c1-10(2)9-16-15(18)17-13(5)14-7-6-11(3)8-12(14)4/h6-8,10,13H,9H2,1-5H3,(H2,16,17,18). The number of rotatable bonds is 4. The number of hydrogen-bond acceptors (Lipinski definition) is 1. The van der Waals surface area contributed by atoms with E-state index in [4.69, 9.17) is 12.2 Å². The molecule has 0 aliphatic heterocycles. The van der Waals surface area contributed by atoms with Crippen LogP contribution in [0.25, 0.3) is 0 Å². The average molecular weight is 264 g/mol. The summed E-state index contributed by atoms with van der Waals surface area (Å²) in [5, 5.41) is 7.30. The van der Waals surface area contributed by atoms with Crippen molar-refractivity contribution in [2.45, 2.75) is 40.7 Å². The van der Waals surface area contributed by atoms with Gasteiger partial charge >= 0.3 is 0 Å². The molecule has 0 spiro atoms. The fourth-order valence-corrected chi connectivity index (χ4v) is 2.19. The maximum Gasteiger partial charge on any atom is 0.166 e. The Bertz CT molecular complexity index is 413. The van der Waals surface area contributed by atoms with Gasteiger partial charge in [-0.1, -0.05) is 37.6 Å². The molecule has 0 bridgehead atoms. The number of thiocarbonyl (C=S) groups is 1. The van der Waals surface area contributed by atoms with Crippen molar-refractivity contribution in [1.82, 2.24) is 10.6 Å². The highest BCUT2D eigenvalue weighted by molar-refractivity contribution is 7.80. The second kappa shape index (κ2) is 6.74. The van der Waals surface area contributed by atoms with Crippen LogP contribution in [-0.4, -0.2) is 11.7 Å². The minimum Gasteiger partial charge on any atom is -0.362 e. The number of aryl methyl sites for hydroxylation is 2. The van der Waals surface area contributed by atoms with Crippen LogP contribution in [0.3, 0.4) is 0 Å². The predicted molar refractivity (Wildman–Crippen MR) is 82.9 cm³/mol. The normalized spacial score (nSPS) is 12.3. The Labute approximate surface area is 116 Å². The first-order valence-electron chi connectivity index (χ1n) is 6.51. The minimum atomic E-state index is 0.234. The first-order chi connectivity index (χ1) is 8.40. The summed E-state index contributed by atoms with van der Waals surface area (Å²) in [4.78, 5) is 0. The Kier molecular flexibility index (Phi) is 5.60. The molecule has 0 radical (unpaired) electrons. The molecule has 0 aromatic heterocycles. The molecular weight excluding hydrogens is 240 g/mol. The van der Waals surface area contributed by atoms with Gasteiger partial charge in [0.25, 0.3) is 0 Å². The molecule has 0 aliphatic carbocycles. The predicted octanol–water partition coefficient (Wildman–Crippen LogP) is 3.48. The molecule has 1 rings (SSSR count). The summed E-state index contributed by atoms with van der Waals surface area (Å²) in [5.74, 6) is 0.598. The third-order valence-electron chi connectivity index (χ3n) is 2.91. The fraction of sp³-hybridized carbons (Fsp3) is 0.533. The lowest BCUT2D eigenvalue weighted by Gasteiger charge is -2.20. The monoisotopic (exact) mass is 264 g/mol. The van der Waals surface area contributed by atoms with Crippen LogP contribution in [0.2, 0.25) is 0 Å². The zero-order chi connectivity index (χ0) is 13.7. The average Bonchev–Trinajstić information content (AvgIpc) is 2.26. The topological polar surface area (TPSA) is 24.1 Å². The van der Waals surface area contributed by atoms with Crippen molar-refractivity contribution in [1.29, 1.82) is 0 Å². The number of nitrogens with one attached hydrogen (secondary N) is 2. The maximum absolute atomic E-state index is 5.30. The van der Waals surface area contributed by atoms with Crippen molar-refractivity contribution in [2.24, 2.45) is 5.92 Å². The highest BCUT2D eigenvalue weighted by Crippen LogP contribution is 2.18. The zero-order valence-corrected chi connectivity index (χ0v) is 12.8. The molecular formula is C15H24N2S. The van der Waals surface area contributed by atoms with Crippen LogP contribution in [0.5, 0.6) is 0 Å². The number of benzene rings is 1. The van der Waals surface area contributed by atoms with Gasteiger partial charge < -0.3 is 10.6 Å². The van der Waals surface area contributed by atoms with Gasteiger partial charge in [0.05, 0.1) is 6.04 Å². The lowest BCUT2D eigenvalue weighted by atomic mass is 10.0. The highest BCUT2D eigenvalue weighted by atomic mass is 32.1. The molecule has 18 heavy (non-hydrogen) atoms. The molecule has 100 valence electrons. The van der Waals surface area contributed by atoms with E-state index < -0.39 is 0 Å². The van der Waals surface area contributed by atoms with E-state index in [1.165, 1.54) is 16.7 Å². The van der Waals surface area contributed by atoms with E-state index >= 15 is 0 Å². The van der Waals surface area contributed by atoms with Gasteiger partial charge in [0.15, 0.2) is 5.11 Å². The minimum absolute atomic E-state index is 0.234. The fourth-order valence-electron chi connectivity index (χ4n) is 1.93. The Morgan fingerprint density at radius 1 is 1.22 bits per heavy atom. The van der Waals surface area contributed by atoms with Crippen LogP contribution in [-0.2, 0) is 0 Å². The Balaban J connectivity index is 2.59. The summed E-state index contributed by atoms with van der Waals surface area (Å²) >= 11 is 5.30. The smallest absolute Gasteiger partial charge is 0.166 e.